The van der Waals surface area contributed by atoms with Crippen LogP contribution in [0, 0.1) is 5.41 Å². The molecule has 1 saturated heterocycles. The lowest BCUT2D eigenvalue weighted by Gasteiger charge is -2.39. The lowest BCUT2D eigenvalue weighted by Crippen LogP contribution is -2.43. The van der Waals surface area contributed by atoms with Gasteiger partial charge in [0.1, 0.15) is 0 Å². The number of ether oxygens (including phenoxy) is 1. The molecule has 0 spiro atoms. The first-order chi connectivity index (χ1) is 7.68. The third kappa shape index (κ3) is 2.33. The molecule has 5 heteroatoms. The minimum Gasteiger partial charge on any atom is -0.387 e. The molecule has 2 atom stereocenters. The molecule has 1 fully saturated rings. The Balaban J connectivity index is 2.20. The van der Waals surface area contributed by atoms with Crippen LogP contribution in [0.5, 0.6) is 0 Å². The van der Waals surface area contributed by atoms with Gasteiger partial charge in [-0.2, -0.15) is 0 Å². The molecular formula is C11H16BrNO2S. The van der Waals surface area contributed by atoms with Gasteiger partial charge >= 0.3 is 0 Å². The van der Waals surface area contributed by atoms with Crippen LogP contribution in [0.15, 0.2) is 15.9 Å². The summed E-state index contributed by atoms with van der Waals surface area (Å²) in [6, 6.07) is 3.91. The Kier molecular flexibility index (Phi) is 4.02. The van der Waals surface area contributed by atoms with Gasteiger partial charge in [0.05, 0.1) is 16.5 Å². The van der Waals surface area contributed by atoms with Crippen LogP contribution in [0.1, 0.15) is 23.8 Å². The second-order valence-corrected chi connectivity index (χ2v) is 6.76. The fourth-order valence-electron chi connectivity index (χ4n) is 2.14. The van der Waals surface area contributed by atoms with E-state index in [9.17, 15) is 5.11 Å². The average Bonchev–Trinajstić information content (AvgIpc) is 2.76. The topological polar surface area (TPSA) is 55.5 Å². The van der Waals surface area contributed by atoms with Crippen LogP contribution in [0.3, 0.4) is 0 Å². The number of hydrogen-bond acceptors (Lipinski definition) is 4. The van der Waals surface area contributed by atoms with Crippen molar-refractivity contribution in [2.24, 2.45) is 11.1 Å². The van der Waals surface area contributed by atoms with Crippen LogP contribution in [0.25, 0.3) is 0 Å². The molecular weight excluding hydrogens is 290 g/mol. The molecule has 3 nitrogen and oxygen atoms in total. The fourth-order valence-corrected chi connectivity index (χ4v) is 3.69. The van der Waals surface area contributed by atoms with Gasteiger partial charge in [0, 0.05) is 23.4 Å². The Hall–Kier alpha value is 0.0600. The maximum atomic E-state index is 10.4. The van der Waals surface area contributed by atoms with Crippen LogP contribution >= 0.6 is 27.3 Å². The van der Waals surface area contributed by atoms with Gasteiger partial charge in [-0.05, 0) is 40.9 Å². The number of aliphatic hydroxyl groups is 1. The molecule has 2 unspecified atom stereocenters. The van der Waals surface area contributed by atoms with E-state index < -0.39 is 6.10 Å². The first-order valence-corrected chi connectivity index (χ1v) is 7.00. The van der Waals surface area contributed by atoms with Crippen LogP contribution in [0.2, 0.25) is 0 Å². The highest BCUT2D eigenvalue weighted by molar-refractivity contribution is 9.11. The summed E-state index contributed by atoms with van der Waals surface area (Å²) in [5, 5.41) is 10.4. The number of hydrogen-bond donors (Lipinski definition) is 2. The maximum Gasteiger partial charge on any atom is 0.0972 e. The molecule has 0 radical (unpaired) electrons. The van der Waals surface area contributed by atoms with Gasteiger partial charge in [0.2, 0.25) is 0 Å². The third-order valence-corrected chi connectivity index (χ3v) is 4.88. The maximum absolute atomic E-state index is 10.4. The van der Waals surface area contributed by atoms with Crippen LogP contribution < -0.4 is 5.73 Å². The lowest BCUT2D eigenvalue weighted by molar-refractivity contribution is -0.0768. The summed E-state index contributed by atoms with van der Waals surface area (Å²) < 4.78 is 6.51. The Morgan fingerprint density at radius 1 is 1.62 bits per heavy atom. The van der Waals surface area contributed by atoms with Crippen molar-refractivity contribution in [1.29, 1.82) is 0 Å². The Labute approximate surface area is 108 Å². The molecule has 2 rings (SSSR count). The van der Waals surface area contributed by atoms with E-state index in [0.717, 1.165) is 28.1 Å². The Bertz CT molecular complexity index is 350. The van der Waals surface area contributed by atoms with E-state index >= 15 is 0 Å². The minimum absolute atomic E-state index is 0.303. The first kappa shape index (κ1) is 12.5. The molecule has 1 aromatic rings. The predicted molar refractivity (Wildman–Crippen MR) is 68.5 cm³/mol. The summed E-state index contributed by atoms with van der Waals surface area (Å²) in [6.45, 7) is 1.80. The zero-order valence-corrected chi connectivity index (χ0v) is 11.4. The smallest absolute Gasteiger partial charge is 0.0972 e. The van der Waals surface area contributed by atoms with Gasteiger partial charge in [0.15, 0.2) is 0 Å². The average molecular weight is 306 g/mol. The van der Waals surface area contributed by atoms with E-state index in [1.165, 1.54) is 0 Å². The summed E-state index contributed by atoms with van der Waals surface area (Å²) in [5.41, 5.74) is 5.53. The van der Waals surface area contributed by atoms with Crippen LogP contribution in [-0.4, -0.2) is 24.9 Å². The molecule has 16 heavy (non-hydrogen) atoms. The highest BCUT2D eigenvalue weighted by Crippen LogP contribution is 2.42. The number of nitrogens with two attached hydrogens (primary N) is 1. The highest BCUT2D eigenvalue weighted by Gasteiger charge is 2.40. The van der Waals surface area contributed by atoms with E-state index in [-0.39, 0.29) is 5.41 Å². The Morgan fingerprint density at radius 3 is 2.94 bits per heavy atom. The van der Waals surface area contributed by atoms with E-state index in [0.29, 0.717) is 13.2 Å². The second-order valence-electron chi connectivity index (χ2n) is 4.27. The Morgan fingerprint density at radius 2 is 2.44 bits per heavy atom. The van der Waals surface area contributed by atoms with Crippen molar-refractivity contribution in [3.8, 4) is 0 Å². The van der Waals surface area contributed by atoms with Crippen molar-refractivity contribution in [2.75, 3.05) is 19.8 Å². The normalized spacial score (nSPS) is 27.9. The van der Waals surface area contributed by atoms with Crippen molar-refractivity contribution in [2.45, 2.75) is 18.9 Å². The van der Waals surface area contributed by atoms with Crippen LogP contribution in [0.4, 0.5) is 0 Å². The summed E-state index contributed by atoms with van der Waals surface area (Å²) in [7, 11) is 0. The zero-order valence-electron chi connectivity index (χ0n) is 8.99. The molecule has 1 aliphatic rings. The highest BCUT2D eigenvalue weighted by atomic mass is 79.9. The van der Waals surface area contributed by atoms with Gasteiger partial charge in [-0.3, -0.25) is 0 Å². The largest absolute Gasteiger partial charge is 0.387 e. The number of halogens is 1. The fraction of sp³-hybridized carbons (Fsp3) is 0.636. The van der Waals surface area contributed by atoms with Gasteiger partial charge in [-0.1, -0.05) is 0 Å². The molecule has 1 aliphatic heterocycles. The molecule has 0 saturated carbocycles. The van der Waals surface area contributed by atoms with E-state index in [2.05, 4.69) is 15.9 Å². The van der Waals surface area contributed by atoms with Gasteiger partial charge in [0.25, 0.3) is 0 Å². The summed E-state index contributed by atoms with van der Waals surface area (Å²) in [6.07, 6.45) is 1.38. The SMILES string of the molecule is NCC1(C(O)c2ccc(Br)s2)CCCOC1. The van der Waals surface area contributed by atoms with Gasteiger partial charge in [-0.15, -0.1) is 11.3 Å². The molecule has 90 valence electrons. The minimum atomic E-state index is -0.519. The molecule has 1 aromatic heterocycles. The van der Waals surface area contributed by atoms with Gasteiger partial charge < -0.3 is 15.6 Å². The van der Waals surface area contributed by atoms with Crippen molar-refractivity contribution < 1.29 is 9.84 Å². The molecule has 0 bridgehead atoms. The van der Waals surface area contributed by atoms with Gasteiger partial charge in [-0.25, -0.2) is 0 Å². The molecule has 3 N–H and O–H groups in total. The van der Waals surface area contributed by atoms with Crippen molar-refractivity contribution in [3.05, 3.63) is 20.8 Å². The summed E-state index contributed by atoms with van der Waals surface area (Å²) in [5.74, 6) is 0. The molecule has 0 aromatic carbocycles. The number of aliphatic hydroxyl groups excluding tert-OH is 1. The summed E-state index contributed by atoms with van der Waals surface area (Å²) in [4.78, 5) is 0.961. The second kappa shape index (κ2) is 5.14. The van der Waals surface area contributed by atoms with Crippen LogP contribution in [-0.2, 0) is 4.74 Å². The zero-order chi connectivity index (χ0) is 11.6. The predicted octanol–water partition coefficient (Wildman–Crippen LogP) is 2.30. The lowest BCUT2D eigenvalue weighted by atomic mass is 9.77. The first-order valence-electron chi connectivity index (χ1n) is 5.39. The van der Waals surface area contributed by atoms with Crippen molar-refractivity contribution in [1.82, 2.24) is 0 Å². The van der Waals surface area contributed by atoms with E-state index in [1.807, 2.05) is 12.1 Å². The number of thiophene rings is 1. The third-order valence-electron chi connectivity index (χ3n) is 3.20. The monoisotopic (exact) mass is 305 g/mol. The number of rotatable bonds is 3. The standard InChI is InChI=1S/C11H16BrNO2S/c12-9-3-2-8(16-9)10(14)11(6-13)4-1-5-15-7-11/h2-3,10,14H,1,4-7,13H2. The quantitative estimate of drug-likeness (QED) is 0.901. The van der Waals surface area contributed by atoms with E-state index in [1.54, 1.807) is 11.3 Å². The van der Waals surface area contributed by atoms with Crippen molar-refractivity contribution in [3.63, 3.8) is 0 Å². The molecule has 2 heterocycles. The van der Waals surface area contributed by atoms with Crippen molar-refractivity contribution >= 4 is 27.3 Å². The summed E-state index contributed by atoms with van der Waals surface area (Å²) >= 11 is 4.97. The van der Waals surface area contributed by atoms with E-state index in [4.69, 9.17) is 10.5 Å². The molecule has 0 aliphatic carbocycles. The molecule has 0 amide bonds.